The molecule has 15 aromatic rings. The molecule has 0 N–H and O–H groups in total. The van der Waals surface area contributed by atoms with Gasteiger partial charge in [0.15, 0.2) is 0 Å². The lowest BCUT2D eigenvalue weighted by Crippen LogP contribution is -2.14. The molecule has 0 atom stereocenters. The first-order chi connectivity index (χ1) is 35.8. The first-order valence-electron chi connectivity index (χ1n) is 24.5. The molecule has 0 aliphatic heterocycles. The van der Waals surface area contributed by atoms with E-state index in [-0.39, 0.29) is 0 Å². The summed E-state index contributed by atoms with van der Waals surface area (Å²) in [6, 6.07) is 92.2. The standard InChI is InChI=1S/C67H41N5/c68-42-54-61(43-22-4-1-5-23-43)65(70-56-35-17-10-28-46(56)47-29-11-18-36-57(47)70)67(66(62(54)44-24-6-2-7-25-44)71-58-37-19-12-30-48(58)49-31-13-20-38-59(49)71)72-60-39-21-15-33-51(60)53-41-40-52-50-32-14-16-34-55(50)69(63(52)64(53)72)45-26-8-3-9-27-45/h1-41H. The molecule has 72 heavy (non-hydrogen) atoms. The Morgan fingerprint density at radius 3 is 0.917 bits per heavy atom. The van der Waals surface area contributed by atoms with E-state index in [1.807, 2.05) is 0 Å². The molecule has 4 aromatic heterocycles. The largest absolute Gasteiger partial charge is 0.307 e. The Balaban J connectivity index is 1.32. The van der Waals surface area contributed by atoms with Crippen molar-refractivity contribution >= 4 is 87.2 Å². The molecule has 0 bridgehead atoms. The Bertz CT molecular complexity index is 4450. The molecule has 4 heterocycles. The third-order valence-electron chi connectivity index (χ3n) is 15.0. The SMILES string of the molecule is N#Cc1c(-c2ccccc2)c(-n2c3ccccc3c3ccccc32)c(-n2c3ccccc3c3ccc4c5ccccc5n(-c5ccccc5)c4c32)c(-n2c3ccccc3c3ccccc32)c1-c1ccccc1. The molecule has 0 fully saturated rings. The number of para-hydroxylation sites is 7. The maximum atomic E-state index is 12.3. The first-order valence-corrected chi connectivity index (χ1v) is 24.5. The van der Waals surface area contributed by atoms with Gasteiger partial charge >= 0.3 is 0 Å². The predicted molar refractivity (Wildman–Crippen MR) is 299 cm³/mol. The average Bonchev–Trinajstić information content (AvgIpc) is 4.18. The second kappa shape index (κ2) is 15.6. The smallest absolute Gasteiger partial charge is 0.101 e. The molecule has 0 spiro atoms. The van der Waals surface area contributed by atoms with Crippen molar-refractivity contribution in [3.8, 4) is 51.1 Å². The Morgan fingerprint density at radius 2 is 0.542 bits per heavy atom. The highest BCUT2D eigenvalue weighted by Crippen LogP contribution is 2.53. The van der Waals surface area contributed by atoms with Gasteiger partial charge in [-0.3, -0.25) is 0 Å². The minimum atomic E-state index is 0.592. The van der Waals surface area contributed by atoms with Gasteiger partial charge in [-0.2, -0.15) is 5.26 Å². The summed E-state index contributed by atoms with van der Waals surface area (Å²) in [6.45, 7) is 0. The molecule has 334 valence electrons. The Hall–Kier alpha value is -9.89. The maximum Gasteiger partial charge on any atom is 0.101 e. The third-order valence-corrected chi connectivity index (χ3v) is 15.0. The number of benzene rings is 11. The van der Waals surface area contributed by atoms with E-state index in [4.69, 9.17) is 0 Å². The van der Waals surface area contributed by atoms with Crippen molar-refractivity contribution in [2.45, 2.75) is 0 Å². The molecule has 0 amide bonds. The lowest BCUT2D eigenvalue weighted by Gasteiger charge is -2.29. The van der Waals surface area contributed by atoms with Gasteiger partial charge in [0, 0.05) is 59.9 Å². The Morgan fingerprint density at radius 1 is 0.250 bits per heavy atom. The highest BCUT2D eigenvalue weighted by Gasteiger charge is 2.34. The van der Waals surface area contributed by atoms with Crippen LogP contribution in [-0.4, -0.2) is 18.3 Å². The van der Waals surface area contributed by atoms with Crippen LogP contribution in [0, 0.1) is 11.3 Å². The van der Waals surface area contributed by atoms with E-state index in [1.165, 1.54) is 5.39 Å². The summed E-state index contributed by atoms with van der Waals surface area (Å²) in [5.41, 5.74) is 16.6. The number of nitriles is 1. The van der Waals surface area contributed by atoms with Crippen LogP contribution in [0.2, 0.25) is 0 Å². The summed E-state index contributed by atoms with van der Waals surface area (Å²) in [7, 11) is 0. The second-order valence-electron chi connectivity index (χ2n) is 18.7. The summed E-state index contributed by atoms with van der Waals surface area (Å²) in [5, 5.41) is 21.4. The van der Waals surface area contributed by atoms with Gasteiger partial charge in [0.05, 0.1) is 66.8 Å². The van der Waals surface area contributed by atoms with E-state index >= 15 is 0 Å². The summed E-state index contributed by atoms with van der Waals surface area (Å²) >= 11 is 0. The fourth-order valence-corrected chi connectivity index (χ4v) is 12.1. The van der Waals surface area contributed by atoms with Crippen molar-refractivity contribution < 1.29 is 0 Å². The lowest BCUT2D eigenvalue weighted by atomic mass is 9.87. The van der Waals surface area contributed by atoms with Crippen LogP contribution in [0.5, 0.6) is 0 Å². The number of nitrogens with zero attached hydrogens (tertiary/aromatic N) is 5. The monoisotopic (exact) mass is 915 g/mol. The summed E-state index contributed by atoms with van der Waals surface area (Å²) in [5.74, 6) is 0. The van der Waals surface area contributed by atoms with Crippen molar-refractivity contribution in [3.05, 3.63) is 254 Å². The van der Waals surface area contributed by atoms with E-state index in [9.17, 15) is 5.26 Å². The van der Waals surface area contributed by atoms with Crippen LogP contribution < -0.4 is 0 Å². The number of rotatable bonds is 6. The van der Waals surface area contributed by atoms with Crippen LogP contribution >= 0.6 is 0 Å². The Labute approximate surface area is 414 Å². The first kappa shape index (κ1) is 40.0. The van der Waals surface area contributed by atoms with E-state index in [1.54, 1.807) is 0 Å². The molecule has 0 radical (unpaired) electrons. The fourth-order valence-electron chi connectivity index (χ4n) is 12.1. The van der Waals surface area contributed by atoms with Gasteiger partial charge in [0.1, 0.15) is 6.07 Å². The number of hydrogen-bond donors (Lipinski definition) is 0. The number of fused-ring (bicyclic) bond motifs is 13. The highest BCUT2D eigenvalue weighted by atomic mass is 15.1. The molecule has 11 aromatic carbocycles. The van der Waals surface area contributed by atoms with Crippen molar-refractivity contribution in [3.63, 3.8) is 0 Å². The van der Waals surface area contributed by atoms with E-state index in [2.05, 4.69) is 273 Å². The average molecular weight is 916 g/mol. The van der Waals surface area contributed by atoms with E-state index in [0.717, 1.165) is 127 Å². The van der Waals surface area contributed by atoms with Crippen molar-refractivity contribution in [1.82, 2.24) is 18.3 Å². The van der Waals surface area contributed by atoms with Gasteiger partial charge in [-0.05, 0) is 59.7 Å². The van der Waals surface area contributed by atoms with Gasteiger partial charge in [-0.1, -0.05) is 200 Å². The summed E-state index contributed by atoms with van der Waals surface area (Å²) < 4.78 is 9.96. The van der Waals surface area contributed by atoms with Crippen molar-refractivity contribution in [2.24, 2.45) is 0 Å². The van der Waals surface area contributed by atoms with Crippen LogP contribution in [0.1, 0.15) is 5.56 Å². The zero-order valence-electron chi connectivity index (χ0n) is 38.9. The normalized spacial score (nSPS) is 11.9. The van der Waals surface area contributed by atoms with Gasteiger partial charge in [-0.15, -0.1) is 0 Å². The van der Waals surface area contributed by atoms with Crippen LogP contribution in [0.3, 0.4) is 0 Å². The zero-order chi connectivity index (χ0) is 47.4. The minimum Gasteiger partial charge on any atom is -0.307 e. The molecule has 0 aliphatic rings. The highest BCUT2D eigenvalue weighted by molar-refractivity contribution is 6.25. The molecule has 5 nitrogen and oxygen atoms in total. The van der Waals surface area contributed by atoms with Crippen molar-refractivity contribution in [1.29, 1.82) is 5.26 Å². The summed E-state index contributed by atoms with van der Waals surface area (Å²) in [6.07, 6.45) is 0. The zero-order valence-corrected chi connectivity index (χ0v) is 38.9. The van der Waals surface area contributed by atoms with Gasteiger partial charge in [0.25, 0.3) is 0 Å². The van der Waals surface area contributed by atoms with Gasteiger partial charge in [0.2, 0.25) is 0 Å². The molecular weight excluding hydrogens is 875 g/mol. The van der Waals surface area contributed by atoms with E-state index in [0.29, 0.717) is 5.56 Å². The maximum absolute atomic E-state index is 12.3. The molecular formula is C67H41N5. The van der Waals surface area contributed by atoms with Gasteiger partial charge in [-0.25, -0.2) is 0 Å². The summed E-state index contributed by atoms with van der Waals surface area (Å²) in [4.78, 5) is 0. The second-order valence-corrected chi connectivity index (χ2v) is 18.7. The molecule has 0 unspecified atom stereocenters. The van der Waals surface area contributed by atoms with Crippen molar-refractivity contribution in [2.75, 3.05) is 0 Å². The molecule has 5 heteroatoms. The molecule has 0 saturated carbocycles. The Kier molecular flexibility index (Phi) is 8.66. The topological polar surface area (TPSA) is 43.5 Å². The van der Waals surface area contributed by atoms with E-state index < -0.39 is 0 Å². The van der Waals surface area contributed by atoms with Crippen LogP contribution in [0.15, 0.2) is 249 Å². The van der Waals surface area contributed by atoms with Crippen LogP contribution in [-0.2, 0) is 0 Å². The lowest BCUT2D eigenvalue weighted by molar-refractivity contribution is 1.05. The number of aromatic nitrogens is 4. The van der Waals surface area contributed by atoms with Gasteiger partial charge < -0.3 is 18.3 Å². The number of hydrogen-bond acceptors (Lipinski definition) is 1. The fraction of sp³-hybridized carbons (Fsp3) is 0. The van der Waals surface area contributed by atoms with Crippen LogP contribution in [0.25, 0.3) is 132 Å². The van der Waals surface area contributed by atoms with Crippen LogP contribution in [0.4, 0.5) is 0 Å². The minimum absolute atomic E-state index is 0.592. The predicted octanol–water partition coefficient (Wildman–Crippen LogP) is 17.3. The third kappa shape index (κ3) is 5.52. The molecule has 0 saturated heterocycles. The quantitative estimate of drug-likeness (QED) is 0.164. The molecule has 0 aliphatic carbocycles. The molecule has 15 rings (SSSR count).